The molecular formula is C27H34N4O5. The standard InChI is InChI=1S/C27H34N4O5/c1-36-18-17-30(15-5-4-8-20-12-11-19-7-6-14-28-24(19)29-20)16-13-23(27(34)35)31-25(32)21-9-2-3-10-22(21)26(31)33/h2-3,9-12,23H,4-8,13-18H2,1H3,(H,28,29)(H,34,35). The Bertz CT molecular complexity index is 1070. The quantitative estimate of drug-likeness (QED) is 0.323. The minimum absolute atomic E-state index is 0.155. The molecule has 0 saturated heterocycles. The third kappa shape index (κ3) is 5.91. The summed E-state index contributed by atoms with van der Waals surface area (Å²) in [6, 6.07) is 9.53. The van der Waals surface area contributed by atoms with Crippen LogP contribution in [0.4, 0.5) is 5.82 Å². The molecular weight excluding hydrogens is 460 g/mol. The molecule has 1 aromatic heterocycles. The normalized spacial score (nSPS) is 15.6. The van der Waals surface area contributed by atoms with E-state index < -0.39 is 23.8 Å². The average Bonchev–Trinajstić information content (AvgIpc) is 3.14. The van der Waals surface area contributed by atoms with E-state index in [2.05, 4.69) is 22.3 Å². The molecule has 192 valence electrons. The third-order valence-corrected chi connectivity index (χ3v) is 6.86. The Morgan fingerprint density at radius 1 is 1.11 bits per heavy atom. The van der Waals surface area contributed by atoms with Gasteiger partial charge in [0.05, 0.1) is 17.7 Å². The predicted molar refractivity (Wildman–Crippen MR) is 135 cm³/mol. The number of amides is 2. The van der Waals surface area contributed by atoms with Crippen LogP contribution in [0.3, 0.4) is 0 Å². The second-order valence-electron chi connectivity index (χ2n) is 9.30. The molecule has 36 heavy (non-hydrogen) atoms. The Kier molecular flexibility index (Phi) is 8.66. The van der Waals surface area contributed by atoms with E-state index >= 15 is 0 Å². The predicted octanol–water partition coefficient (Wildman–Crippen LogP) is 2.85. The smallest absolute Gasteiger partial charge is 0.326 e. The number of carboxylic acid groups (broad SMARTS) is 1. The lowest BCUT2D eigenvalue weighted by Gasteiger charge is -2.27. The molecule has 0 spiro atoms. The van der Waals surface area contributed by atoms with Gasteiger partial charge in [-0.2, -0.15) is 0 Å². The van der Waals surface area contributed by atoms with Crippen LogP contribution >= 0.6 is 0 Å². The monoisotopic (exact) mass is 494 g/mol. The van der Waals surface area contributed by atoms with E-state index in [-0.39, 0.29) is 17.5 Å². The van der Waals surface area contributed by atoms with Gasteiger partial charge in [-0.25, -0.2) is 9.78 Å². The van der Waals surface area contributed by atoms with Gasteiger partial charge in [-0.3, -0.25) is 14.5 Å². The zero-order chi connectivity index (χ0) is 25.5. The number of hydrogen-bond donors (Lipinski definition) is 2. The molecule has 0 aliphatic carbocycles. The molecule has 9 nitrogen and oxygen atoms in total. The number of unbranched alkanes of at least 4 members (excludes halogenated alkanes) is 1. The van der Waals surface area contributed by atoms with Gasteiger partial charge in [0.2, 0.25) is 0 Å². The maximum absolute atomic E-state index is 12.8. The van der Waals surface area contributed by atoms with Crippen LogP contribution in [0.1, 0.15) is 57.7 Å². The van der Waals surface area contributed by atoms with Gasteiger partial charge in [-0.1, -0.05) is 18.2 Å². The minimum Gasteiger partial charge on any atom is -0.480 e. The number of carboxylic acids is 1. The molecule has 9 heteroatoms. The molecule has 1 aromatic carbocycles. The van der Waals surface area contributed by atoms with Crippen LogP contribution in [-0.2, 0) is 22.4 Å². The number of fused-ring (bicyclic) bond motifs is 2. The molecule has 2 aromatic rings. The van der Waals surface area contributed by atoms with E-state index in [0.717, 1.165) is 61.6 Å². The van der Waals surface area contributed by atoms with Crippen molar-refractivity contribution in [2.45, 2.75) is 44.6 Å². The van der Waals surface area contributed by atoms with E-state index in [1.807, 2.05) is 0 Å². The van der Waals surface area contributed by atoms with E-state index in [0.29, 0.717) is 19.7 Å². The lowest BCUT2D eigenvalue weighted by Crippen LogP contribution is -2.46. The summed E-state index contributed by atoms with van der Waals surface area (Å²) in [5.41, 5.74) is 2.87. The van der Waals surface area contributed by atoms with Crippen LogP contribution in [0.15, 0.2) is 36.4 Å². The van der Waals surface area contributed by atoms with Gasteiger partial charge in [-0.15, -0.1) is 0 Å². The Labute approximate surface area is 211 Å². The molecule has 0 saturated carbocycles. The third-order valence-electron chi connectivity index (χ3n) is 6.86. The summed E-state index contributed by atoms with van der Waals surface area (Å²) in [4.78, 5) is 45.5. The van der Waals surface area contributed by atoms with E-state index in [1.54, 1.807) is 31.4 Å². The van der Waals surface area contributed by atoms with Crippen molar-refractivity contribution in [1.29, 1.82) is 0 Å². The van der Waals surface area contributed by atoms with Crippen LogP contribution in [-0.4, -0.2) is 83.6 Å². The summed E-state index contributed by atoms with van der Waals surface area (Å²) in [7, 11) is 1.63. The second-order valence-corrected chi connectivity index (χ2v) is 9.30. The first-order chi connectivity index (χ1) is 17.5. The lowest BCUT2D eigenvalue weighted by atomic mass is 10.1. The van der Waals surface area contributed by atoms with Crippen LogP contribution < -0.4 is 5.32 Å². The fraction of sp³-hybridized carbons (Fsp3) is 0.481. The largest absolute Gasteiger partial charge is 0.480 e. The number of rotatable bonds is 13. The highest BCUT2D eigenvalue weighted by molar-refractivity contribution is 6.22. The van der Waals surface area contributed by atoms with Crippen LogP contribution in [0.25, 0.3) is 0 Å². The number of imide groups is 1. The number of anilines is 1. The highest BCUT2D eigenvalue weighted by atomic mass is 16.5. The van der Waals surface area contributed by atoms with Gasteiger partial charge in [0, 0.05) is 32.4 Å². The summed E-state index contributed by atoms with van der Waals surface area (Å²) < 4.78 is 5.24. The Morgan fingerprint density at radius 2 is 1.86 bits per heavy atom. The number of aryl methyl sites for hydroxylation is 2. The van der Waals surface area contributed by atoms with E-state index in [4.69, 9.17) is 9.72 Å². The SMILES string of the molecule is COCCN(CCCCc1ccc2c(n1)NCCC2)CCC(C(=O)O)N1C(=O)c2ccccc2C1=O. The van der Waals surface area contributed by atoms with Crippen molar-refractivity contribution in [3.63, 3.8) is 0 Å². The number of carbonyl (C=O) groups is 3. The molecule has 2 aliphatic heterocycles. The van der Waals surface area contributed by atoms with Crippen molar-refractivity contribution >= 4 is 23.6 Å². The van der Waals surface area contributed by atoms with Gasteiger partial charge in [-0.05, 0) is 68.8 Å². The number of ether oxygens (including phenoxy) is 1. The van der Waals surface area contributed by atoms with E-state index in [9.17, 15) is 19.5 Å². The summed E-state index contributed by atoms with van der Waals surface area (Å²) in [5.74, 6) is -1.26. The van der Waals surface area contributed by atoms with Crippen molar-refractivity contribution in [3.8, 4) is 0 Å². The average molecular weight is 495 g/mol. The zero-order valence-corrected chi connectivity index (χ0v) is 20.7. The van der Waals surface area contributed by atoms with Crippen molar-refractivity contribution in [2.75, 3.05) is 45.2 Å². The molecule has 0 radical (unpaired) electrons. The Morgan fingerprint density at radius 3 is 2.56 bits per heavy atom. The van der Waals surface area contributed by atoms with Crippen LogP contribution in [0, 0.1) is 0 Å². The van der Waals surface area contributed by atoms with Crippen molar-refractivity contribution < 1.29 is 24.2 Å². The number of nitrogens with zero attached hydrogens (tertiary/aromatic N) is 3. The summed E-state index contributed by atoms with van der Waals surface area (Å²) >= 11 is 0. The molecule has 2 amide bonds. The Balaban J connectivity index is 1.31. The number of methoxy groups -OCH3 is 1. The number of pyridine rings is 1. The highest BCUT2D eigenvalue weighted by Gasteiger charge is 2.42. The Hall–Kier alpha value is -3.30. The lowest BCUT2D eigenvalue weighted by molar-refractivity contribution is -0.142. The van der Waals surface area contributed by atoms with E-state index in [1.165, 1.54) is 5.56 Å². The molecule has 1 unspecified atom stereocenters. The topological polar surface area (TPSA) is 112 Å². The second kappa shape index (κ2) is 12.1. The van der Waals surface area contributed by atoms with Crippen molar-refractivity contribution in [1.82, 2.24) is 14.8 Å². The number of nitrogens with one attached hydrogen (secondary N) is 1. The van der Waals surface area contributed by atoms with Crippen molar-refractivity contribution in [2.24, 2.45) is 0 Å². The molecule has 0 fully saturated rings. The number of aliphatic carboxylic acids is 1. The fourth-order valence-corrected chi connectivity index (χ4v) is 4.86. The number of aromatic nitrogens is 1. The first-order valence-corrected chi connectivity index (χ1v) is 12.6. The molecule has 2 aliphatic rings. The van der Waals surface area contributed by atoms with Gasteiger partial charge >= 0.3 is 5.97 Å². The molecule has 0 bridgehead atoms. The van der Waals surface area contributed by atoms with Gasteiger partial charge < -0.3 is 20.1 Å². The van der Waals surface area contributed by atoms with Crippen LogP contribution in [0.2, 0.25) is 0 Å². The maximum Gasteiger partial charge on any atom is 0.326 e. The minimum atomic E-state index is -1.21. The first-order valence-electron chi connectivity index (χ1n) is 12.6. The summed E-state index contributed by atoms with van der Waals surface area (Å²) in [6.45, 7) is 3.33. The van der Waals surface area contributed by atoms with Crippen LogP contribution in [0.5, 0.6) is 0 Å². The summed E-state index contributed by atoms with van der Waals surface area (Å²) in [6.07, 6.45) is 5.11. The number of benzene rings is 1. The molecule has 1 atom stereocenters. The first kappa shape index (κ1) is 25.8. The molecule has 4 rings (SSSR count). The van der Waals surface area contributed by atoms with Gasteiger partial charge in [0.1, 0.15) is 11.9 Å². The molecule has 3 heterocycles. The zero-order valence-electron chi connectivity index (χ0n) is 20.7. The van der Waals surface area contributed by atoms with Crippen molar-refractivity contribution in [3.05, 3.63) is 58.8 Å². The summed E-state index contributed by atoms with van der Waals surface area (Å²) in [5, 5.41) is 13.2. The maximum atomic E-state index is 12.8. The van der Waals surface area contributed by atoms with Gasteiger partial charge in [0.25, 0.3) is 11.8 Å². The fourth-order valence-electron chi connectivity index (χ4n) is 4.86. The number of hydrogen-bond acceptors (Lipinski definition) is 7. The highest BCUT2D eigenvalue weighted by Crippen LogP contribution is 2.26. The molecule has 2 N–H and O–H groups in total. The van der Waals surface area contributed by atoms with Gasteiger partial charge in [0.15, 0.2) is 0 Å². The number of carbonyl (C=O) groups excluding carboxylic acids is 2.